The molecule has 0 saturated carbocycles. The standard InChI is InChI=1S/C15H20ClNO3/c1-2-3-4-10-17(11-9-14(18)19)15(20)12-5-7-13(16)8-6-12/h5-8H,2-4,9-11H2,1H3,(H,18,19). The van der Waals surface area contributed by atoms with Gasteiger partial charge in [0.05, 0.1) is 6.42 Å². The van der Waals surface area contributed by atoms with Crippen molar-refractivity contribution in [2.75, 3.05) is 13.1 Å². The van der Waals surface area contributed by atoms with Crippen molar-refractivity contribution in [3.05, 3.63) is 34.9 Å². The topological polar surface area (TPSA) is 57.6 Å². The summed E-state index contributed by atoms with van der Waals surface area (Å²) >= 11 is 5.80. The first-order valence-electron chi connectivity index (χ1n) is 6.81. The summed E-state index contributed by atoms with van der Waals surface area (Å²) in [5.74, 6) is -1.03. The van der Waals surface area contributed by atoms with Crippen LogP contribution in [0.1, 0.15) is 43.0 Å². The van der Waals surface area contributed by atoms with Gasteiger partial charge >= 0.3 is 5.97 Å². The molecule has 1 aromatic rings. The summed E-state index contributed by atoms with van der Waals surface area (Å²) < 4.78 is 0. The third-order valence-corrected chi connectivity index (χ3v) is 3.26. The summed E-state index contributed by atoms with van der Waals surface area (Å²) in [6, 6.07) is 6.66. The number of amides is 1. The van der Waals surface area contributed by atoms with E-state index in [0.717, 1.165) is 19.3 Å². The zero-order valence-corrected chi connectivity index (χ0v) is 12.4. The molecule has 0 aromatic heterocycles. The lowest BCUT2D eigenvalue weighted by atomic mass is 10.1. The first-order valence-corrected chi connectivity index (χ1v) is 7.19. The molecule has 0 heterocycles. The van der Waals surface area contributed by atoms with Crippen LogP contribution < -0.4 is 0 Å². The zero-order valence-electron chi connectivity index (χ0n) is 11.6. The molecule has 1 N–H and O–H groups in total. The number of rotatable bonds is 8. The molecule has 4 nitrogen and oxygen atoms in total. The number of nitrogens with zero attached hydrogens (tertiary/aromatic N) is 1. The lowest BCUT2D eigenvalue weighted by Gasteiger charge is -2.22. The number of carbonyl (C=O) groups is 2. The first kappa shape index (κ1) is 16.5. The van der Waals surface area contributed by atoms with Crippen molar-refractivity contribution in [1.29, 1.82) is 0 Å². The van der Waals surface area contributed by atoms with Gasteiger partial charge in [0.1, 0.15) is 0 Å². The van der Waals surface area contributed by atoms with E-state index in [4.69, 9.17) is 16.7 Å². The second kappa shape index (κ2) is 8.59. The fourth-order valence-corrected chi connectivity index (χ4v) is 2.00. The quantitative estimate of drug-likeness (QED) is 0.748. The maximum absolute atomic E-state index is 12.4. The lowest BCUT2D eigenvalue weighted by molar-refractivity contribution is -0.137. The van der Waals surface area contributed by atoms with E-state index in [1.807, 2.05) is 0 Å². The number of benzene rings is 1. The average Bonchev–Trinajstić information content (AvgIpc) is 2.42. The van der Waals surface area contributed by atoms with Crippen LogP contribution in [0.3, 0.4) is 0 Å². The molecule has 0 atom stereocenters. The van der Waals surface area contributed by atoms with E-state index >= 15 is 0 Å². The second-order valence-corrected chi connectivity index (χ2v) is 5.09. The summed E-state index contributed by atoms with van der Waals surface area (Å²) in [7, 11) is 0. The fraction of sp³-hybridized carbons (Fsp3) is 0.467. The minimum absolute atomic E-state index is 0.0363. The maximum Gasteiger partial charge on any atom is 0.305 e. The average molecular weight is 298 g/mol. The van der Waals surface area contributed by atoms with E-state index in [9.17, 15) is 9.59 Å². The molecule has 0 aliphatic rings. The van der Waals surface area contributed by atoms with Crippen LogP contribution in [-0.4, -0.2) is 35.0 Å². The first-order chi connectivity index (χ1) is 9.54. The molecule has 1 aromatic carbocycles. The van der Waals surface area contributed by atoms with Crippen molar-refractivity contribution in [1.82, 2.24) is 4.90 Å². The van der Waals surface area contributed by atoms with Gasteiger partial charge in [0, 0.05) is 23.7 Å². The van der Waals surface area contributed by atoms with Crippen LogP contribution in [0, 0.1) is 0 Å². The molecule has 0 saturated heterocycles. The number of carbonyl (C=O) groups excluding carboxylic acids is 1. The molecule has 0 aliphatic carbocycles. The molecule has 20 heavy (non-hydrogen) atoms. The summed E-state index contributed by atoms with van der Waals surface area (Å²) in [5, 5.41) is 9.34. The van der Waals surface area contributed by atoms with E-state index in [1.165, 1.54) is 0 Å². The minimum Gasteiger partial charge on any atom is -0.481 e. The predicted octanol–water partition coefficient (Wildman–Crippen LogP) is 3.45. The molecule has 0 aliphatic heterocycles. The minimum atomic E-state index is -0.894. The Balaban J connectivity index is 2.71. The molecule has 1 amide bonds. The number of hydrogen-bond acceptors (Lipinski definition) is 2. The normalized spacial score (nSPS) is 10.3. The van der Waals surface area contributed by atoms with Gasteiger partial charge in [-0.2, -0.15) is 0 Å². The highest BCUT2D eigenvalue weighted by Crippen LogP contribution is 2.12. The van der Waals surface area contributed by atoms with Crippen LogP contribution in [0.2, 0.25) is 5.02 Å². The van der Waals surface area contributed by atoms with Gasteiger partial charge in [0.2, 0.25) is 0 Å². The van der Waals surface area contributed by atoms with E-state index < -0.39 is 5.97 Å². The Hall–Kier alpha value is -1.55. The van der Waals surface area contributed by atoms with Crippen LogP contribution in [0.25, 0.3) is 0 Å². The number of hydrogen-bond donors (Lipinski definition) is 1. The Morgan fingerprint density at radius 3 is 2.35 bits per heavy atom. The Labute approximate surface area is 124 Å². The maximum atomic E-state index is 12.4. The number of carboxylic acid groups (broad SMARTS) is 1. The molecule has 0 spiro atoms. The van der Waals surface area contributed by atoms with Crippen LogP contribution in [0.5, 0.6) is 0 Å². The highest BCUT2D eigenvalue weighted by molar-refractivity contribution is 6.30. The van der Waals surface area contributed by atoms with E-state index in [0.29, 0.717) is 17.1 Å². The fourth-order valence-electron chi connectivity index (χ4n) is 1.87. The number of carboxylic acids is 1. The molecule has 0 bridgehead atoms. The Bertz CT molecular complexity index is 445. The van der Waals surface area contributed by atoms with Gasteiger partial charge in [-0.1, -0.05) is 31.4 Å². The largest absolute Gasteiger partial charge is 0.481 e. The van der Waals surface area contributed by atoms with Crippen LogP contribution in [0.15, 0.2) is 24.3 Å². The summed E-state index contributed by atoms with van der Waals surface area (Å²) in [6.45, 7) is 2.91. The highest BCUT2D eigenvalue weighted by atomic mass is 35.5. The third kappa shape index (κ3) is 5.61. The van der Waals surface area contributed by atoms with Crippen molar-refractivity contribution in [3.63, 3.8) is 0 Å². The van der Waals surface area contributed by atoms with Gasteiger partial charge in [0.25, 0.3) is 5.91 Å². The molecular formula is C15H20ClNO3. The van der Waals surface area contributed by atoms with Crippen molar-refractivity contribution < 1.29 is 14.7 Å². The highest BCUT2D eigenvalue weighted by Gasteiger charge is 2.16. The van der Waals surface area contributed by atoms with Gasteiger partial charge in [0.15, 0.2) is 0 Å². The van der Waals surface area contributed by atoms with E-state index in [1.54, 1.807) is 29.2 Å². The summed E-state index contributed by atoms with van der Waals surface area (Å²) in [6.07, 6.45) is 2.93. The van der Waals surface area contributed by atoms with Crippen molar-refractivity contribution in [2.45, 2.75) is 32.6 Å². The molecule has 5 heteroatoms. The van der Waals surface area contributed by atoms with Crippen molar-refractivity contribution in [3.8, 4) is 0 Å². The zero-order chi connectivity index (χ0) is 15.0. The van der Waals surface area contributed by atoms with Gasteiger partial charge in [-0.15, -0.1) is 0 Å². The van der Waals surface area contributed by atoms with Crippen LogP contribution >= 0.6 is 11.6 Å². The number of halogens is 1. The van der Waals surface area contributed by atoms with Crippen molar-refractivity contribution >= 4 is 23.5 Å². The smallest absolute Gasteiger partial charge is 0.305 e. The van der Waals surface area contributed by atoms with Crippen LogP contribution in [-0.2, 0) is 4.79 Å². The molecule has 1 rings (SSSR count). The van der Waals surface area contributed by atoms with Gasteiger partial charge in [-0.25, -0.2) is 0 Å². The van der Waals surface area contributed by atoms with Crippen molar-refractivity contribution in [2.24, 2.45) is 0 Å². The Morgan fingerprint density at radius 2 is 1.80 bits per heavy atom. The third-order valence-electron chi connectivity index (χ3n) is 3.01. The monoisotopic (exact) mass is 297 g/mol. The molecular weight excluding hydrogens is 278 g/mol. The second-order valence-electron chi connectivity index (χ2n) is 4.65. The Morgan fingerprint density at radius 1 is 1.15 bits per heavy atom. The number of aliphatic carboxylic acids is 1. The molecule has 0 radical (unpaired) electrons. The van der Waals surface area contributed by atoms with Gasteiger partial charge < -0.3 is 10.0 Å². The number of unbranched alkanes of at least 4 members (excludes halogenated alkanes) is 2. The summed E-state index contributed by atoms with van der Waals surface area (Å²) in [4.78, 5) is 24.6. The summed E-state index contributed by atoms with van der Waals surface area (Å²) in [5.41, 5.74) is 0.538. The SMILES string of the molecule is CCCCCN(CCC(=O)O)C(=O)c1ccc(Cl)cc1. The van der Waals surface area contributed by atoms with Gasteiger partial charge in [-0.3, -0.25) is 9.59 Å². The van der Waals surface area contributed by atoms with E-state index in [2.05, 4.69) is 6.92 Å². The van der Waals surface area contributed by atoms with E-state index in [-0.39, 0.29) is 18.9 Å². The molecule has 0 unspecified atom stereocenters. The van der Waals surface area contributed by atoms with Gasteiger partial charge in [-0.05, 0) is 30.7 Å². The molecule has 110 valence electrons. The lowest BCUT2D eigenvalue weighted by Crippen LogP contribution is -2.34. The Kier molecular flexibility index (Phi) is 7.09. The molecule has 0 fully saturated rings. The predicted molar refractivity (Wildman–Crippen MR) is 79.1 cm³/mol. The van der Waals surface area contributed by atoms with Crippen LogP contribution in [0.4, 0.5) is 0 Å².